The van der Waals surface area contributed by atoms with E-state index in [0.29, 0.717) is 5.54 Å². The van der Waals surface area contributed by atoms with Crippen LogP contribution in [0.15, 0.2) is 0 Å². The quantitative estimate of drug-likeness (QED) is 0.644. The molecule has 18 heavy (non-hydrogen) atoms. The summed E-state index contributed by atoms with van der Waals surface area (Å²) in [6.07, 6.45) is 0. The lowest BCUT2D eigenvalue weighted by Gasteiger charge is -2.41. The van der Waals surface area contributed by atoms with Crippen molar-refractivity contribution in [1.29, 1.82) is 0 Å². The molecule has 0 aromatic rings. The van der Waals surface area contributed by atoms with E-state index in [2.05, 4.69) is 49.6 Å². The van der Waals surface area contributed by atoms with Crippen molar-refractivity contribution in [2.24, 2.45) is 0 Å². The van der Waals surface area contributed by atoms with E-state index < -0.39 is 0 Å². The van der Waals surface area contributed by atoms with Crippen LogP contribution in [0.2, 0.25) is 0 Å². The van der Waals surface area contributed by atoms with Gasteiger partial charge in [0.05, 0.1) is 13.2 Å². The summed E-state index contributed by atoms with van der Waals surface area (Å²) < 4.78 is 5.10. The Morgan fingerprint density at radius 2 is 1.17 bits per heavy atom. The Balaban J connectivity index is 0.000000199. The molecular formula is C14H31N3O. The first-order valence-corrected chi connectivity index (χ1v) is 7.09. The minimum atomic E-state index is 0.362. The standard InChI is InChI=1S/C9H20N2.C5H11NO/c1-9(2,3)11-7-5-10(4)6-8-11;1-6-2-4-7-5-3-6/h5-8H2,1-4H3;2-5H2,1H3. The molecule has 2 aliphatic heterocycles. The SMILES string of the molecule is CN1CCN(C(C)(C)C)CC1.CN1CCOCC1. The van der Waals surface area contributed by atoms with Crippen molar-refractivity contribution in [3.63, 3.8) is 0 Å². The van der Waals surface area contributed by atoms with Gasteiger partial charge in [-0.2, -0.15) is 0 Å². The fourth-order valence-electron chi connectivity index (χ4n) is 2.13. The van der Waals surface area contributed by atoms with Gasteiger partial charge in [0.1, 0.15) is 0 Å². The van der Waals surface area contributed by atoms with Crippen LogP contribution in [0.3, 0.4) is 0 Å². The molecule has 2 aliphatic rings. The highest BCUT2D eigenvalue weighted by atomic mass is 16.5. The van der Waals surface area contributed by atoms with Gasteiger partial charge in [-0.05, 0) is 34.9 Å². The van der Waals surface area contributed by atoms with Crippen molar-refractivity contribution in [3.8, 4) is 0 Å². The minimum Gasteiger partial charge on any atom is -0.379 e. The molecule has 0 amide bonds. The van der Waals surface area contributed by atoms with Gasteiger partial charge in [0.25, 0.3) is 0 Å². The summed E-state index contributed by atoms with van der Waals surface area (Å²) in [6.45, 7) is 15.8. The van der Waals surface area contributed by atoms with Gasteiger partial charge in [0.2, 0.25) is 0 Å². The first-order chi connectivity index (χ1) is 8.39. The molecule has 0 unspecified atom stereocenters. The Kier molecular flexibility index (Phi) is 6.57. The fraction of sp³-hybridized carbons (Fsp3) is 1.00. The second kappa shape index (κ2) is 7.43. The molecule has 0 aromatic carbocycles. The van der Waals surface area contributed by atoms with Crippen molar-refractivity contribution in [1.82, 2.24) is 14.7 Å². The number of piperazine rings is 1. The molecule has 108 valence electrons. The molecule has 4 nitrogen and oxygen atoms in total. The van der Waals surface area contributed by atoms with Crippen molar-refractivity contribution < 1.29 is 4.74 Å². The second-order valence-electron chi connectivity index (χ2n) is 6.38. The molecule has 2 fully saturated rings. The predicted molar refractivity (Wildman–Crippen MR) is 77.1 cm³/mol. The summed E-state index contributed by atoms with van der Waals surface area (Å²) in [5, 5.41) is 0. The zero-order chi connectivity index (χ0) is 13.6. The summed E-state index contributed by atoms with van der Waals surface area (Å²) in [6, 6.07) is 0. The predicted octanol–water partition coefficient (Wildman–Crippen LogP) is 0.981. The Hall–Kier alpha value is -0.160. The highest BCUT2D eigenvalue weighted by Crippen LogP contribution is 2.14. The van der Waals surface area contributed by atoms with Crippen LogP contribution in [0.1, 0.15) is 20.8 Å². The van der Waals surface area contributed by atoms with Crippen LogP contribution in [0.5, 0.6) is 0 Å². The molecule has 0 aromatic heterocycles. The summed E-state index contributed by atoms with van der Waals surface area (Å²) in [5.41, 5.74) is 0.362. The van der Waals surface area contributed by atoms with Crippen LogP contribution in [0, 0.1) is 0 Å². The summed E-state index contributed by atoms with van der Waals surface area (Å²) in [4.78, 5) is 7.21. The van der Waals surface area contributed by atoms with Crippen molar-refractivity contribution in [2.45, 2.75) is 26.3 Å². The van der Waals surface area contributed by atoms with E-state index in [1.165, 1.54) is 26.2 Å². The average molecular weight is 257 g/mol. The number of hydrogen-bond acceptors (Lipinski definition) is 4. The maximum atomic E-state index is 5.10. The minimum absolute atomic E-state index is 0.362. The lowest BCUT2D eigenvalue weighted by molar-refractivity contribution is 0.0503. The summed E-state index contributed by atoms with van der Waals surface area (Å²) >= 11 is 0. The number of nitrogens with zero attached hydrogens (tertiary/aromatic N) is 3. The maximum absolute atomic E-state index is 5.10. The Morgan fingerprint density at radius 3 is 1.50 bits per heavy atom. The number of rotatable bonds is 0. The molecule has 0 spiro atoms. The Morgan fingerprint density at radius 1 is 0.722 bits per heavy atom. The number of morpholine rings is 1. The van der Waals surface area contributed by atoms with E-state index >= 15 is 0 Å². The molecule has 0 atom stereocenters. The van der Waals surface area contributed by atoms with Crippen LogP contribution in [-0.2, 0) is 4.74 Å². The highest BCUT2D eigenvalue weighted by molar-refractivity contribution is 4.80. The highest BCUT2D eigenvalue weighted by Gasteiger charge is 2.23. The van der Waals surface area contributed by atoms with E-state index in [0.717, 1.165) is 26.3 Å². The van der Waals surface area contributed by atoms with Crippen molar-refractivity contribution in [2.75, 3.05) is 66.6 Å². The molecule has 2 rings (SSSR count). The second-order valence-corrected chi connectivity index (χ2v) is 6.38. The number of hydrogen-bond donors (Lipinski definition) is 0. The van der Waals surface area contributed by atoms with E-state index in [1.807, 2.05) is 0 Å². The number of ether oxygens (including phenoxy) is 1. The van der Waals surface area contributed by atoms with E-state index in [1.54, 1.807) is 0 Å². The molecular weight excluding hydrogens is 226 g/mol. The monoisotopic (exact) mass is 257 g/mol. The van der Waals surface area contributed by atoms with Gasteiger partial charge in [-0.3, -0.25) is 4.90 Å². The van der Waals surface area contributed by atoms with Gasteiger partial charge in [0.15, 0.2) is 0 Å². The fourth-order valence-corrected chi connectivity index (χ4v) is 2.13. The zero-order valence-electron chi connectivity index (χ0n) is 12.9. The maximum Gasteiger partial charge on any atom is 0.0594 e. The van der Waals surface area contributed by atoms with Crippen LogP contribution in [-0.4, -0.2) is 86.8 Å². The van der Waals surface area contributed by atoms with Crippen LogP contribution < -0.4 is 0 Å². The van der Waals surface area contributed by atoms with Gasteiger partial charge >= 0.3 is 0 Å². The Labute approximate surface area is 113 Å². The molecule has 2 heterocycles. The van der Waals surface area contributed by atoms with Gasteiger partial charge in [-0.25, -0.2) is 0 Å². The van der Waals surface area contributed by atoms with Crippen molar-refractivity contribution in [3.05, 3.63) is 0 Å². The van der Waals surface area contributed by atoms with E-state index in [-0.39, 0.29) is 0 Å². The van der Waals surface area contributed by atoms with Crippen LogP contribution in [0.25, 0.3) is 0 Å². The smallest absolute Gasteiger partial charge is 0.0594 e. The summed E-state index contributed by atoms with van der Waals surface area (Å²) in [5.74, 6) is 0. The summed E-state index contributed by atoms with van der Waals surface area (Å²) in [7, 11) is 4.31. The van der Waals surface area contributed by atoms with Gasteiger partial charge in [-0.15, -0.1) is 0 Å². The van der Waals surface area contributed by atoms with Crippen molar-refractivity contribution >= 4 is 0 Å². The lowest BCUT2D eigenvalue weighted by atomic mass is 10.1. The average Bonchev–Trinajstić information content (AvgIpc) is 2.30. The van der Waals surface area contributed by atoms with Gasteiger partial charge in [-0.1, -0.05) is 0 Å². The van der Waals surface area contributed by atoms with Gasteiger partial charge < -0.3 is 14.5 Å². The van der Waals surface area contributed by atoms with E-state index in [4.69, 9.17) is 4.74 Å². The third kappa shape index (κ3) is 6.14. The first-order valence-electron chi connectivity index (χ1n) is 7.09. The third-order valence-corrected chi connectivity index (χ3v) is 3.69. The molecule has 0 bridgehead atoms. The van der Waals surface area contributed by atoms with Crippen LogP contribution in [0.4, 0.5) is 0 Å². The Bertz CT molecular complexity index is 214. The third-order valence-electron chi connectivity index (χ3n) is 3.69. The first kappa shape index (κ1) is 15.9. The molecule has 2 saturated heterocycles. The molecule has 0 radical (unpaired) electrons. The van der Waals surface area contributed by atoms with Crippen LogP contribution >= 0.6 is 0 Å². The van der Waals surface area contributed by atoms with Gasteiger partial charge in [0, 0.05) is 44.8 Å². The molecule has 0 saturated carbocycles. The largest absolute Gasteiger partial charge is 0.379 e. The lowest BCUT2D eigenvalue weighted by Crippen LogP contribution is -2.52. The molecule has 0 N–H and O–H groups in total. The molecule has 0 aliphatic carbocycles. The molecule has 4 heteroatoms. The normalized spacial score (nSPS) is 24.5. The van der Waals surface area contributed by atoms with E-state index in [9.17, 15) is 0 Å². The zero-order valence-corrected chi connectivity index (χ0v) is 12.9. The number of likely N-dealkylation sites (N-methyl/N-ethyl adjacent to an activating group) is 2. The topological polar surface area (TPSA) is 19.0 Å².